The van der Waals surface area contributed by atoms with Crippen LogP contribution in [0.4, 0.5) is 0 Å². The number of rotatable bonds is 5. The molecule has 0 fully saturated rings. The Hall–Kier alpha value is -2.45. The highest BCUT2D eigenvalue weighted by atomic mass is 35.5. The van der Waals surface area contributed by atoms with Crippen LogP contribution in [0.3, 0.4) is 0 Å². The Morgan fingerprint density at radius 3 is 2.71 bits per heavy atom. The lowest BCUT2D eigenvalue weighted by Crippen LogP contribution is -2.01. The fourth-order valence-electron chi connectivity index (χ4n) is 2.29. The number of halogens is 1. The Bertz CT molecular complexity index is 930. The molecule has 24 heavy (non-hydrogen) atoms. The first kappa shape index (κ1) is 16.4. The number of nitrogens with zero attached hydrogens (tertiary/aromatic N) is 4. The summed E-state index contributed by atoms with van der Waals surface area (Å²) in [6.07, 6.45) is 6.30. The van der Waals surface area contributed by atoms with Crippen LogP contribution in [-0.4, -0.2) is 35.0 Å². The van der Waals surface area contributed by atoms with Crippen molar-refractivity contribution in [1.29, 1.82) is 0 Å². The van der Waals surface area contributed by atoms with E-state index in [0.717, 1.165) is 0 Å². The highest BCUT2D eigenvalue weighted by molar-refractivity contribution is 7.71. The minimum Gasteiger partial charge on any atom is -0.496 e. The molecule has 0 N–H and O–H groups in total. The molecule has 0 aliphatic heterocycles. The molecule has 9 heteroatoms. The third-order valence-electron chi connectivity index (χ3n) is 3.35. The van der Waals surface area contributed by atoms with Crippen LogP contribution < -0.4 is 4.74 Å². The molecule has 0 aliphatic rings. The normalized spacial score (nSPS) is 11.0. The maximum Gasteiger partial charge on any atom is 0.144 e. The van der Waals surface area contributed by atoms with Crippen LogP contribution in [0.2, 0.25) is 5.15 Å². The molecule has 0 aromatic carbocycles. The number of hydrogen-bond donors (Lipinski definition) is 1. The van der Waals surface area contributed by atoms with E-state index in [1.807, 2.05) is 0 Å². The van der Waals surface area contributed by atoms with Gasteiger partial charge in [-0.3, -0.25) is 4.57 Å². The topological polar surface area (TPSA) is 87.0 Å². The molecule has 0 amide bonds. The predicted octanol–water partition coefficient (Wildman–Crippen LogP) is 2.10. The molecular formula is C15H13ClN4O3S. The lowest BCUT2D eigenvalue weighted by atomic mass is 10.2. The molecule has 3 aromatic rings. The Balaban J connectivity index is 2.06. The van der Waals surface area contributed by atoms with Gasteiger partial charge in [-0.2, -0.15) is 0 Å². The maximum absolute atomic E-state index is 10.8. The zero-order valence-electron chi connectivity index (χ0n) is 12.6. The summed E-state index contributed by atoms with van der Waals surface area (Å²) in [4.78, 5) is 12.5. The van der Waals surface area contributed by atoms with E-state index in [-0.39, 0.29) is 10.9 Å². The Morgan fingerprint density at radius 2 is 2.04 bits per heavy atom. The standard InChI is InChI=1S/C15H13ClN4O3S/c1-23-12-4-5-18-15(16)14(12)11-7-17-9-20(11)13-3-2-10(6-19-13)8-24(21)22/h2-7,9,24H,8H2,1H3. The molecule has 0 atom stereocenters. The predicted molar refractivity (Wildman–Crippen MR) is 90.2 cm³/mol. The van der Waals surface area contributed by atoms with Gasteiger partial charge in [0, 0.05) is 12.4 Å². The number of ether oxygens (including phenoxy) is 1. The van der Waals surface area contributed by atoms with Crippen molar-refractivity contribution in [2.24, 2.45) is 0 Å². The van der Waals surface area contributed by atoms with E-state index in [4.69, 9.17) is 16.3 Å². The maximum atomic E-state index is 10.8. The van der Waals surface area contributed by atoms with Crippen LogP contribution >= 0.6 is 11.6 Å². The molecule has 0 saturated carbocycles. The molecule has 0 aliphatic carbocycles. The van der Waals surface area contributed by atoms with Gasteiger partial charge in [-0.25, -0.2) is 23.4 Å². The van der Waals surface area contributed by atoms with Gasteiger partial charge in [0.1, 0.15) is 33.8 Å². The summed E-state index contributed by atoms with van der Waals surface area (Å²) in [6, 6.07) is 5.13. The third-order valence-corrected chi connectivity index (χ3v) is 4.26. The Kier molecular flexibility index (Phi) is 4.77. The van der Waals surface area contributed by atoms with Gasteiger partial charge >= 0.3 is 0 Å². The number of methoxy groups -OCH3 is 1. The largest absolute Gasteiger partial charge is 0.496 e. The SMILES string of the molecule is COc1ccnc(Cl)c1-c1cncn1-c1ccc(C[SH](=O)=O)cn1. The monoisotopic (exact) mass is 364 g/mol. The summed E-state index contributed by atoms with van der Waals surface area (Å²) in [5.41, 5.74) is 1.89. The minimum atomic E-state index is -2.49. The van der Waals surface area contributed by atoms with E-state index in [9.17, 15) is 8.42 Å². The summed E-state index contributed by atoms with van der Waals surface area (Å²) >= 11 is 6.22. The van der Waals surface area contributed by atoms with Crippen LogP contribution in [0.25, 0.3) is 17.1 Å². The molecule has 3 aromatic heterocycles. The van der Waals surface area contributed by atoms with Crippen LogP contribution in [0.15, 0.2) is 43.1 Å². The average molecular weight is 365 g/mol. The van der Waals surface area contributed by atoms with Crippen LogP contribution in [-0.2, 0) is 16.5 Å². The van der Waals surface area contributed by atoms with Gasteiger partial charge in [0.25, 0.3) is 0 Å². The van der Waals surface area contributed by atoms with Crippen molar-refractivity contribution in [1.82, 2.24) is 19.5 Å². The van der Waals surface area contributed by atoms with E-state index in [1.165, 1.54) is 6.20 Å². The van der Waals surface area contributed by atoms with Gasteiger partial charge < -0.3 is 4.74 Å². The fraction of sp³-hybridized carbons (Fsp3) is 0.133. The zero-order valence-corrected chi connectivity index (χ0v) is 14.2. The number of aromatic nitrogens is 4. The highest BCUT2D eigenvalue weighted by Crippen LogP contribution is 2.35. The first-order valence-electron chi connectivity index (χ1n) is 6.88. The zero-order chi connectivity index (χ0) is 17.1. The summed E-state index contributed by atoms with van der Waals surface area (Å²) in [7, 11) is -0.937. The van der Waals surface area contributed by atoms with Crippen LogP contribution in [0.5, 0.6) is 5.75 Å². The third kappa shape index (κ3) is 3.24. The van der Waals surface area contributed by atoms with Crippen molar-refractivity contribution < 1.29 is 13.2 Å². The number of pyridine rings is 2. The van der Waals surface area contributed by atoms with Crippen LogP contribution in [0.1, 0.15) is 5.56 Å². The number of hydrogen-bond acceptors (Lipinski definition) is 6. The van der Waals surface area contributed by atoms with Crippen molar-refractivity contribution >= 4 is 22.3 Å². The Morgan fingerprint density at radius 1 is 1.21 bits per heavy atom. The second kappa shape index (κ2) is 6.98. The van der Waals surface area contributed by atoms with Crippen molar-refractivity contribution in [2.45, 2.75) is 5.75 Å². The van der Waals surface area contributed by atoms with Gasteiger partial charge in [-0.05, 0) is 17.7 Å². The quantitative estimate of drug-likeness (QED) is 0.551. The summed E-state index contributed by atoms with van der Waals surface area (Å²) in [5.74, 6) is 1.10. The minimum absolute atomic E-state index is 0.0400. The van der Waals surface area contributed by atoms with Crippen molar-refractivity contribution in [2.75, 3.05) is 7.11 Å². The molecule has 0 spiro atoms. The van der Waals surface area contributed by atoms with E-state index in [1.54, 1.807) is 48.6 Å². The molecule has 3 heterocycles. The van der Waals surface area contributed by atoms with Crippen molar-refractivity contribution in [3.05, 3.63) is 53.8 Å². The first-order valence-corrected chi connectivity index (χ1v) is 8.62. The van der Waals surface area contributed by atoms with Crippen molar-refractivity contribution in [3.8, 4) is 22.8 Å². The number of thiol groups is 1. The average Bonchev–Trinajstić information content (AvgIpc) is 3.03. The van der Waals surface area contributed by atoms with Crippen molar-refractivity contribution in [3.63, 3.8) is 0 Å². The van der Waals surface area contributed by atoms with E-state index < -0.39 is 10.7 Å². The van der Waals surface area contributed by atoms with Gasteiger partial charge in [-0.1, -0.05) is 17.7 Å². The first-order chi connectivity index (χ1) is 11.6. The highest BCUT2D eigenvalue weighted by Gasteiger charge is 2.17. The Labute approximate surface area is 144 Å². The van der Waals surface area contributed by atoms with Gasteiger partial charge in [0.2, 0.25) is 0 Å². The summed E-state index contributed by atoms with van der Waals surface area (Å²) in [5, 5.41) is 0.288. The molecule has 124 valence electrons. The molecule has 0 saturated heterocycles. The molecule has 0 radical (unpaired) electrons. The van der Waals surface area contributed by atoms with E-state index in [0.29, 0.717) is 28.4 Å². The lowest BCUT2D eigenvalue weighted by Gasteiger charge is -2.12. The molecule has 7 nitrogen and oxygen atoms in total. The number of imidazole rings is 1. The second-order valence-corrected chi connectivity index (χ2v) is 6.18. The van der Waals surface area contributed by atoms with Gasteiger partial charge in [0.15, 0.2) is 0 Å². The molecular weight excluding hydrogens is 352 g/mol. The second-order valence-electron chi connectivity index (χ2n) is 4.84. The molecule has 0 bridgehead atoms. The van der Waals surface area contributed by atoms with Gasteiger partial charge in [0.05, 0.1) is 30.3 Å². The summed E-state index contributed by atoms with van der Waals surface area (Å²) in [6.45, 7) is 0. The molecule has 3 rings (SSSR count). The molecule has 0 unspecified atom stereocenters. The van der Waals surface area contributed by atoms with Crippen LogP contribution in [0, 0.1) is 0 Å². The fourth-order valence-corrected chi connectivity index (χ4v) is 3.02. The lowest BCUT2D eigenvalue weighted by molar-refractivity contribution is 0.415. The smallest absolute Gasteiger partial charge is 0.144 e. The summed E-state index contributed by atoms with van der Waals surface area (Å²) < 4.78 is 28.7. The van der Waals surface area contributed by atoms with E-state index >= 15 is 0 Å². The van der Waals surface area contributed by atoms with Gasteiger partial charge in [-0.15, -0.1) is 0 Å². The van der Waals surface area contributed by atoms with E-state index in [2.05, 4.69) is 15.0 Å².